The van der Waals surface area contributed by atoms with Gasteiger partial charge in [0, 0.05) is 26.6 Å². The van der Waals surface area contributed by atoms with Crippen LogP contribution in [0.3, 0.4) is 0 Å². The summed E-state index contributed by atoms with van der Waals surface area (Å²) in [6.45, 7) is 0.804. The van der Waals surface area contributed by atoms with Crippen LogP contribution in [0.25, 0.3) is 11.1 Å². The molecule has 2 aromatic rings. The summed E-state index contributed by atoms with van der Waals surface area (Å²) >= 11 is 0. The quantitative estimate of drug-likeness (QED) is 0.821. The summed E-state index contributed by atoms with van der Waals surface area (Å²) in [4.78, 5) is 26.8. The third-order valence-corrected chi connectivity index (χ3v) is 2.69. The highest BCUT2D eigenvalue weighted by molar-refractivity contribution is 5.76. The van der Waals surface area contributed by atoms with Crippen LogP contribution in [0.5, 0.6) is 0 Å². The Morgan fingerprint density at radius 3 is 3.00 bits per heavy atom. The highest BCUT2D eigenvalue weighted by atomic mass is 16.4. The van der Waals surface area contributed by atoms with Crippen molar-refractivity contribution in [2.75, 3.05) is 13.6 Å². The standard InChI is InChI=1S/C12H15N3O3/c1-15(11(16)4-5-13)7-8-2-3-9-10(6-8)18-12(17)14-9/h2-3,6H,4-5,7,13H2,1H3,(H,14,17). The molecule has 2 rings (SSSR count). The van der Waals surface area contributed by atoms with Crippen LogP contribution in [0.15, 0.2) is 27.4 Å². The Bertz CT molecular complexity index is 614. The van der Waals surface area contributed by atoms with Crippen molar-refractivity contribution in [3.05, 3.63) is 34.3 Å². The van der Waals surface area contributed by atoms with Crippen molar-refractivity contribution in [2.24, 2.45) is 5.73 Å². The fourth-order valence-electron chi connectivity index (χ4n) is 1.76. The van der Waals surface area contributed by atoms with Crippen LogP contribution in [0.4, 0.5) is 0 Å². The normalized spacial score (nSPS) is 10.8. The molecule has 0 saturated carbocycles. The number of nitrogens with one attached hydrogen (secondary N) is 1. The van der Waals surface area contributed by atoms with E-state index in [2.05, 4.69) is 4.98 Å². The summed E-state index contributed by atoms with van der Waals surface area (Å²) in [5.41, 5.74) is 7.39. The molecular weight excluding hydrogens is 234 g/mol. The Kier molecular flexibility index (Phi) is 3.47. The summed E-state index contributed by atoms with van der Waals surface area (Å²) in [5.74, 6) is -0.483. The molecule has 0 fully saturated rings. The minimum absolute atomic E-state index is 0.00637. The number of fused-ring (bicyclic) bond motifs is 1. The van der Waals surface area contributed by atoms with Gasteiger partial charge in [0.2, 0.25) is 5.91 Å². The molecule has 0 bridgehead atoms. The molecule has 0 radical (unpaired) electrons. The molecule has 6 heteroatoms. The zero-order valence-corrected chi connectivity index (χ0v) is 10.1. The molecule has 0 atom stereocenters. The van der Waals surface area contributed by atoms with Gasteiger partial charge in [-0.25, -0.2) is 4.79 Å². The van der Waals surface area contributed by atoms with Gasteiger partial charge in [-0.1, -0.05) is 6.07 Å². The Balaban J connectivity index is 2.16. The molecule has 1 aromatic carbocycles. The number of nitrogens with zero attached hydrogens (tertiary/aromatic N) is 1. The molecule has 0 aliphatic heterocycles. The number of nitrogens with two attached hydrogens (primary N) is 1. The van der Waals surface area contributed by atoms with Crippen LogP contribution in [0.2, 0.25) is 0 Å². The van der Waals surface area contributed by atoms with Gasteiger partial charge in [-0.2, -0.15) is 0 Å². The topological polar surface area (TPSA) is 92.3 Å². The monoisotopic (exact) mass is 249 g/mol. The Hall–Kier alpha value is -2.08. The molecule has 1 amide bonds. The smallest absolute Gasteiger partial charge is 0.408 e. The van der Waals surface area contributed by atoms with Gasteiger partial charge in [0.1, 0.15) is 0 Å². The maximum absolute atomic E-state index is 11.6. The lowest BCUT2D eigenvalue weighted by atomic mass is 10.2. The fourth-order valence-corrected chi connectivity index (χ4v) is 1.76. The molecule has 1 heterocycles. The summed E-state index contributed by atoms with van der Waals surface area (Å²) < 4.78 is 4.96. The Morgan fingerprint density at radius 1 is 1.50 bits per heavy atom. The number of rotatable bonds is 4. The second-order valence-electron chi connectivity index (χ2n) is 4.13. The second kappa shape index (κ2) is 5.05. The number of hydrogen-bond acceptors (Lipinski definition) is 4. The zero-order chi connectivity index (χ0) is 13.1. The van der Waals surface area contributed by atoms with Crippen molar-refractivity contribution >= 4 is 17.0 Å². The SMILES string of the molecule is CN(Cc1ccc2[nH]c(=O)oc2c1)C(=O)CCN. The largest absolute Gasteiger partial charge is 0.417 e. The van der Waals surface area contributed by atoms with Crippen molar-refractivity contribution < 1.29 is 9.21 Å². The molecule has 0 aliphatic carbocycles. The maximum Gasteiger partial charge on any atom is 0.417 e. The number of carbonyl (C=O) groups excluding carboxylic acids is 1. The molecule has 1 aromatic heterocycles. The van der Waals surface area contributed by atoms with Crippen LogP contribution >= 0.6 is 0 Å². The number of aromatic nitrogens is 1. The van der Waals surface area contributed by atoms with Crippen LogP contribution < -0.4 is 11.5 Å². The number of hydrogen-bond donors (Lipinski definition) is 2. The predicted molar refractivity (Wildman–Crippen MR) is 67.0 cm³/mol. The second-order valence-corrected chi connectivity index (χ2v) is 4.13. The van der Waals surface area contributed by atoms with Crippen LogP contribution in [0, 0.1) is 0 Å². The third kappa shape index (κ3) is 2.60. The third-order valence-electron chi connectivity index (χ3n) is 2.69. The average Bonchev–Trinajstić information content (AvgIpc) is 2.68. The molecule has 96 valence electrons. The van der Waals surface area contributed by atoms with E-state index in [0.29, 0.717) is 30.6 Å². The van der Waals surface area contributed by atoms with Crippen molar-refractivity contribution in [1.82, 2.24) is 9.88 Å². The first-order valence-corrected chi connectivity index (χ1v) is 5.66. The first-order chi connectivity index (χ1) is 8.60. The first kappa shape index (κ1) is 12.4. The van der Waals surface area contributed by atoms with Gasteiger partial charge in [-0.3, -0.25) is 9.78 Å². The van der Waals surface area contributed by atoms with Crippen LogP contribution in [-0.2, 0) is 11.3 Å². The van der Waals surface area contributed by atoms with Crippen LogP contribution in [-0.4, -0.2) is 29.4 Å². The molecular formula is C12H15N3O3. The van der Waals surface area contributed by atoms with Crippen molar-refractivity contribution in [1.29, 1.82) is 0 Å². The van der Waals surface area contributed by atoms with Gasteiger partial charge in [0.15, 0.2) is 5.58 Å². The highest BCUT2D eigenvalue weighted by Crippen LogP contribution is 2.13. The van der Waals surface area contributed by atoms with Gasteiger partial charge in [-0.15, -0.1) is 0 Å². The highest BCUT2D eigenvalue weighted by Gasteiger charge is 2.09. The van der Waals surface area contributed by atoms with Crippen molar-refractivity contribution in [2.45, 2.75) is 13.0 Å². The van der Waals surface area contributed by atoms with E-state index < -0.39 is 5.76 Å². The van der Waals surface area contributed by atoms with Crippen molar-refractivity contribution in [3.8, 4) is 0 Å². The molecule has 0 saturated heterocycles. The van der Waals surface area contributed by atoms with Gasteiger partial charge in [-0.05, 0) is 17.7 Å². The van der Waals surface area contributed by atoms with Crippen LogP contribution in [0.1, 0.15) is 12.0 Å². The van der Waals surface area contributed by atoms with E-state index in [1.807, 2.05) is 6.07 Å². The first-order valence-electron chi connectivity index (χ1n) is 5.66. The lowest BCUT2D eigenvalue weighted by Crippen LogP contribution is -2.27. The van der Waals surface area contributed by atoms with E-state index in [4.69, 9.17) is 10.2 Å². The number of aromatic amines is 1. The van der Waals surface area contributed by atoms with Crippen molar-refractivity contribution in [3.63, 3.8) is 0 Å². The number of carbonyl (C=O) groups is 1. The summed E-state index contributed by atoms with van der Waals surface area (Å²) in [6.07, 6.45) is 0.331. The van der Waals surface area contributed by atoms with E-state index >= 15 is 0 Å². The van der Waals surface area contributed by atoms with E-state index in [0.717, 1.165) is 5.56 Å². The summed E-state index contributed by atoms with van der Waals surface area (Å²) in [7, 11) is 1.72. The van der Waals surface area contributed by atoms with E-state index in [9.17, 15) is 9.59 Å². The van der Waals surface area contributed by atoms with E-state index in [-0.39, 0.29) is 5.91 Å². The molecule has 18 heavy (non-hydrogen) atoms. The lowest BCUT2D eigenvalue weighted by Gasteiger charge is -2.16. The Labute approximate surface area is 103 Å². The molecule has 0 unspecified atom stereocenters. The van der Waals surface area contributed by atoms with Gasteiger partial charge in [0.05, 0.1) is 5.52 Å². The van der Waals surface area contributed by atoms with Gasteiger partial charge < -0.3 is 15.1 Å². The number of oxazole rings is 1. The minimum Gasteiger partial charge on any atom is -0.408 e. The molecule has 3 N–H and O–H groups in total. The average molecular weight is 249 g/mol. The van der Waals surface area contributed by atoms with Gasteiger partial charge >= 0.3 is 5.76 Å². The summed E-state index contributed by atoms with van der Waals surface area (Å²) in [6, 6.07) is 5.36. The molecule has 6 nitrogen and oxygen atoms in total. The van der Waals surface area contributed by atoms with Gasteiger partial charge in [0.25, 0.3) is 0 Å². The molecule has 0 aliphatic rings. The summed E-state index contributed by atoms with van der Waals surface area (Å²) in [5, 5.41) is 0. The number of amides is 1. The zero-order valence-electron chi connectivity index (χ0n) is 10.1. The maximum atomic E-state index is 11.6. The molecule has 0 spiro atoms. The van der Waals surface area contributed by atoms with E-state index in [1.165, 1.54) is 0 Å². The number of benzene rings is 1. The van der Waals surface area contributed by atoms with E-state index in [1.54, 1.807) is 24.1 Å². The predicted octanol–water partition coefficient (Wildman–Crippen LogP) is 0.428. The fraction of sp³-hybridized carbons (Fsp3) is 0.333. The lowest BCUT2D eigenvalue weighted by molar-refractivity contribution is -0.130. The Morgan fingerprint density at radius 2 is 2.28 bits per heavy atom. The minimum atomic E-state index is -0.477. The number of H-pyrrole nitrogens is 1.